The largest absolute Gasteiger partial charge is 0.482 e. The Balaban J connectivity index is 1.26. The first-order valence-corrected chi connectivity index (χ1v) is 13.1. The molecule has 192 valence electrons. The average molecular weight is 493 g/mol. The fourth-order valence-electron chi connectivity index (χ4n) is 6.88. The summed E-state index contributed by atoms with van der Waals surface area (Å²) < 4.78 is 19.0. The molecule has 1 aromatic carbocycles. The van der Waals surface area contributed by atoms with E-state index in [0.29, 0.717) is 38.0 Å². The highest BCUT2D eigenvalue weighted by Crippen LogP contribution is 2.65. The molecule has 1 aromatic rings. The third-order valence-electron chi connectivity index (χ3n) is 9.08. The number of nitrogens with zero attached hydrogens (tertiary/aromatic N) is 2. The first-order chi connectivity index (χ1) is 17.2. The first-order valence-electron chi connectivity index (χ1n) is 13.1. The standard InChI is InChI=1S/C27H36BN3O5/c1-26(2)19-14-21(26)27(3)22(15-19)35-28(36-27)23(13-18-7-5-4-6-8-18)30-24(32)16-20-17-31(11-12-34-20)25(33)9-10-29/h4-8,19-23H,9,11-17H2,1-3H3,(H,30,32)/t19-,20-,21-,22+,23-,27-/m0/s1. The second-order valence-electron chi connectivity index (χ2n) is 11.6. The molecule has 36 heavy (non-hydrogen) atoms. The van der Waals surface area contributed by atoms with Gasteiger partial charge in [-0.3, -0.25) is 9.59 Å². The highest BCUT2D eigenvalue weighted by Gasteiger charge is 2.68. The van der Waals surface area contributed by atoms with Crippen LogP contribution in [0.15, 0.2) is 30.3 Å². The van der Waals surface area contributed by atoms with Crippen LogP contribution in [-0.2, 0) is 30.1 Å². The molecule has 2 aliphatic heterocycles. The normalized spacial score (nSPS) is 33.2. The Morgan fingerprint density at radius 3 is 2.75 bits per heavy atom. The summed E-state index contributed by atoms with van der Waals surface area (Å²) in [5.74, 6) is 0.368. The summed E-state index contributed by atoms with van der Waals surface area (Å²) in [4.78, 5) is 26.9. The van der Waals surface area contributed by atoms with Crippen molar-refractivity contribution in [1.82, 2.24) is 10.2 Å². The number of benzene rings is 1. The zero-order valence-corrected chi connectivity index (χ0v) is 21.4. The number of amides is 2. The summed E-state index contributed by atoms with van der Waals surface area (Å²) in [6.07, 6.45) is 2.36. The monoisotopic (exact) mass is 493 g/mol. The van der Waals surface area contributed by atoms with Crippen LogP contribution in [0.4, 0.5) is 0 Å². The minimum absolute atomic E-state index is 0.0378. The highest BCUT2D eigenvalue weighted by molar-refractivity contribution is 6.48. The number of hydrogen-bond acceptors (Lipinski definition) is 6. The molecular formula is C27H36BN3O5. The van der Waals surface area contributed by atoms with E-state index in [9.17, 15) is 9.59 Å². The van der Waals surface area contributed by atoms with Gasteiger partial charge in [0.1, 0.15) is 6.42 Å². The third kappa shape index (κ3) is 4.67. The lowest BCUT2D eigenvalue weighted by molar-refractivity contribution is -0.199. The zero-order chi connectivity index (χ0) is 25.5. The van der Waals surface area contributed by atoms with Crippen molar-refractivity contribution in [3.05, 3.63) is 35.9 Å². The fraction of sp³-hybridized carbons (Fsp3) is 0.667. The van der Waals surface area contributed by atoms with Crippen molar-refractivity contribution in [2.75, 3.05) is 19.7 Å². The van der Waals surface area contributed by atoms with E-state index < -0.39 is 13.2 Å². The van der Waals surface area contributed by atoms with E-state index in [2.05, 4.69) is 26.1 Å². The fourth-order valence-corrected chi connectivity index (χ4v) is 6.88. The van der Waals surface area contributed by atoms with Gasteiger partial charge in [-0.25, -0.2) is 0 Å². The number of morpholine rings is 1. The summed E-state index contributed by atoms with van der Waals surface area (Å²) in [5.41, 5.74) is 0.993. The number of rotatable bonds is 7. The Hall–Kier alpha value is -2.41. The number of nitriles is 1. The number of hydrogen-bond donors (Lipinski definition) is 1. The van der Waals surface area contributed by atoms with E-state index in [1.807, 2.05) is 36.4 Å². The van der Waals surface area contributed by atoms with E-state index in [1.54, 1.807) is 4.90 Å². The predicted molar refractivity (Wildman–Crippen MR) is 133 cm³/mol. The van der Waals surface area contributed by atoms with Crippen LogP contribution in [0, 0.1) is 28.6 Å². The second kappa shape index (κ2) is 9.81. The van der Waals surface area contributed by atoms with E-state index in [-0.39, 0.29) is 47.7 Å². The molecule has 2 bridgehead atoms. The quantitative estimate of drug-likeness (QED) is 0.586. The smallest absolute Gasteiger partial charge is 0.404 e. The molecule has 2 amide bonds. The molecule has 2 heterocycles. The molecule has 0 aromatic heterocycles. The molecule has 0 unspecified atom stereocenters. The zero-order valence-electron chi connectivity index (χ0n) is 21.4. The maximum absolute atomic E-state index is 13.2. The van der Waals surface area contributed by atoms with Crippen LogP contribution < -0.4 is 5.32 Å². The van der Waals surface area contributed by atoms with Crippen molar-refractivity contribution in [3.63, 3.8) is 0 Å². The van der Waals surface area contributed by atoms with Crippen LogP contribution in [0.5, 0.6) is 0 Å². The Labute approximate surface area is 213 Å². The molecule has 2 saturated heterocycles. The van der Waals surface area contributed by atoms with Crippen LogP contribution in [0.1, 0.15) is 52.0 Å². The van der Waals surface area contributed by atoms with Crippen molar-refractivity contribution < 1.29 is 23.6 Å². The van der Waals surface area contributed by atoms with Gasteiger partial charge in [0.05, 0.1) is 42.8 Å². The van der Waals surface area contributed by atoms with E-state index >= 15 is 0 Å². The van der Waals surface area contributed by atoms with Crippen LogP contribution in [0.3, 0.4) is 0 Å². The number of nitrogens with one attached hydrogen (secondary N) is 1. The molecule has 6 rings (SSSR count). The lowest BCUT2D eigenvalue weighted by Gasteiger charge is -2.64. The number of carbonyl (C=O) groups is 2. The Kier molecular flexibility index (Phi) is 6.88. The summed E-state index contributed by atoms with van der Waals surface area (Å²) in [5, 5.41) is 12.0. The Morgan fingerprint density at radius 1 is 1.25 bits per heavy atom. The average Bonchev–Trinajstić information content (AvgIpc) is 3.21. The molecule has 3 saturated carbocycles. The molecule has 1 N–H and O–H groups in total. The number of ether oxygens (including phenoxy) is 1. The molecule has 6 atom stereocenters. The predicted octanol–water partition coefficient (Wildman–Crippen LogP) is 2.51. The van der Waals surface area contributed by atoms with E-state index in [0.717, 1.165) is 12.0 Å². The highest BCUT2D eigenvalue weighted by atomic mass is 16.7. The van der Waals surface area contributed by atoms with Gasteiger partial charge in [0.2, 0.25) is 11.8 Å². The van der Waals surface area contributed by atoms with Crippen molar-refractivity contribution in [3.8, 4) is 6.07 Å². The third-order valence-corrected chi connectivity index (χ3v) is 9.08. The Bertz CT molecular complexity index is 1030. The summed E-state index contributed by atoms with van der Waals surface area (Å²) in [6, 6.07) is 12.0. The lowest BCUT2D eigenvalue weighted by atomic mass is 9.43. The van der Waals surface area contributed by atoms with Crippen LogP contribution in [-0.4, -0.2) is 67.3 Å². The minimum Gasteiger partial charge on any atom is -0.404 e. The first kappa shape index (κ1) is 25.3. The van der Waals surface area contributed by atoms with Crippen molar-refractivity contribution >= 4 is 18.9 Å². The van der Waals surface area contributed by atoms with Gasteiger partial charge in [0, 0.05) is 13.1 Å². The van der Waals surface area contributed by atoms with E-state index in [4.69, 9.17) is 19.3 Å². The van der Waals surface area contributed by atoms with Gasteiger partial charge >= 0.3 is 7.12 Å². The van der Waals surface area contributed by atoms with Crippen LogP contribution >= 0.6 is 0 Å². The summed E-state index contributed by atoms with van der Waals surface area (Å²) >= 11 is 0. The SMILES string of the molecule is CC1(C)[C@@H]2C[C@H]3OB([C@H](Cc4ccccc4)NC(=O)C[C@H]4CN(C(=O)CC#N)CCO4)O[C@@]3(C)[C@H]1C2. The van der Waals surface area contributed by atoms with Gasteiger partial charge in [0.25, 0.3) is 0 Å². The maximum Gasteiger partial charge on any atom is 0.482 e. The van der Waals surface area contributed by atoms with E-state index in [1.165, 1.54) is 6.42 Å². The lowest BCUT2D eigenvalue weighted by Crippen LogP contribution is -2.65. The maximum atomic E-state index is 13.2. The minimum atomic E-state index is -0.528. The van der Waals surface area contributed by atoms with Crippen molar-refractivity contribution in [1.29, 1.82) is 5.26 Å². The number of carbonyl (C=O) groups excluding carboxylic acids is 2. The topological polar surface area (TPSA) is 101 Å². The van der Waals surface area contributed by atoms with Gasteiger partial charge in [-0.2, -0.15) is 5.26 Å². The van der Waals surface area contributed by atoms with Gasteiger partial charge < -0.3 is 24.3 Å². The van der Waals surface area contributed by atoms with Crippen molar-refractivity contribution in [2.45, 2.75) is 76.6 Å². The molecule has 5 aliphatic rings. The summed E-state index contributed by atoms with van der Waals surface area (Å²) in [6.45, 7) is 7.97. The molecule has 0 radical (unpaired) electrons. The molecule has 9 heteroatoms. The van der Waals surface area contributed by atoms with Gasteiger partial charge in [-0.05, 0) is 49.0 Å². The molecule has 8 nitrogen and oxygen atoms in total. The molecule has 0 spiro atoms. The molecule has 3 aliphatic carbocycles. The van der Waals surface area contributed by atoms with Crippen LogP contribution in [0.2, 0.25) is 0 Å². The van der Waals surface area contributed by atoms with Gasteiger partial charge in [0.15, 0.2) is 0 Å². The van der Waals surface area contributed by atoms with Gasteiger partial charge in [-0.1, -0.05) is 44.2 Å². The van der Waals surface area contributed by atoms with Crippen molar-refractivity contribution in [2.24, 2.45) is 17.3 Å². The second-order valence-corrected chi connectivity index (χ2v) is 11.6. The summed E-state index contributed by atoms with van der Waals surface area (Å²) in [7, 11) is -0.528. The van der Waals surface area contributed by atoms with Gasteiger partial charge in [-0.15, -0.1) is 0 Å². The molecule has 5 fully saturated rings. The molecular weight excluding hydrogens is 457 g/mol. The Morgan fingerprint density at radius 2 is 2.03 bits per heavy atom. The van der Waals surface area contributed by atoms with Crippen LogP contribution in [0.25, 0.3) is 0 Å².